The number of carbonyl (C=O) groups excluding carboxylic acids is 1. The maximum atomic E-state index is 12.4. The number of anilines is 1. The molecule has 0 aliphatic carbocycles. The van der Waals surface area contributed by atoms with E-state index >= 15 is 0 Å². The van der Waals surface area contributed by atoms with Crippen molar-refractivity contribution in [3.63, 3.8) is 0 Å². The van der Waals surface area contributed by atoms with Crippen LogP contribution in [0.2, 0.25) is 0 Å². The normalized spacial score (nSPS) is 11.3. The molecule has 5 nitrogen and oxygen atoms in total. The number of ether oxygens (including phenoxy) is 2. The molecule has 33 heavy (non-hydrogen) atoms. The molecule has 0 saturated heterocycles. The van der Waals surface area contributed by atoms with Crippen molar-refractivity contribution in [3.8, 4) is 11.5 Å². The second kappa shape index (κ2) is 10.9. The van der Waals surface area contributed by atoms with Gasteiger partial charge in [-0.25, -0.2) is 4.98 Å². The first kappa shape index (κ1) is 26.5. The molecular weight excluding hydrogens is 590 g/mol. The third-order valence-electron chi connectivity index (χ3n) is 3.55. The Kier molecular flexibility index (Phi) is 8.72. The molecule has 0 atom stereocenters. The lowest BCUT2D eigenvalue weighted by Gasteiger charge is -2.13. The summed E-state index contributed by atoms with van der Waals surface area (Å²) in [5.41, 5.74) is 5.33. The van der Waals surface area contributed by atoms with Crippen LogP contribution in [0.5, 0.6) is 11.5 Å². The number of hydrogen-bond donors (Lipinski definition) is 1. The summed E-state index contributed by atoms with van der Waals surface area (Å²) in [5, 5.41) is 0. The van der Waals surface area contributed by atoms with Crippen LogP contribution in [0.4, 0.5) is 32.2 Å². The summed E-state index contributed by atoms with van der Waals surface area (Å²) < 4.78 is 80.4. The molecule has 0 aliphatic heterocycles. The van der Waals surface area contributed by atoms with Crippen LogP contribution >= 0.6 is 31.9 Å². The van der Waals surface area contributed by atoms with Crippen LogP contribution in [0.3, 0.4) is 0 Å². The van der Waals surface area contributed by atoms with Gasteiger partial charge in [-0.3, -0.25) is 4.79 Å². The summed E-state index contributed by atoms with van der Waals surface area (Å²) in [6.07, 6.45) is -8.15. The zero-order valence-corrected chi connectivity index (χ0v) is 19.2. The number of carbonyl (C=O) groups is 1. The van der Waals surface area contributed by atoms with Crippen molar-refractivity contribution in [1.29, 1.82) is 0 Å². The number of nitrogens with zero attached hydrogens (tertiary/aromatic N) is 1. The first-order valence-electron chi connectivity index (χ1n) is 8.57. The molecule has 13 heteroatoms. The van der Waals surface area contributed by atoms with Gasteiger partial charge < -0.3 is 15.2 Å². The number of alkyl halides is 6. The number of para-hydroxylation sites is 2. The topological polar surface area (TPSA) is 74.4 Å². The van der Waals surface area contributed by atoms with Gasteiger partial charge >= 0.3 is 12.7 Å². The molecule has 0 radical (unpaired) electrons. The summed E-state index contributed by atoms with van der Waals surface area (Å²) in [6.45, 7) is 0. The lowest BCUT2D eigenvalue weighted by atomic mass is 10.0. The quantitative estimate of drug-likeness (QED) is 0.260. The summed E-state index contributed by atoms with van der Waals surface area (Å²) in [5.74, 6) is -1.61. The number of rotatable bonds is 4. The van der Waals surface area contributed by atoms with Crippen LogP contribution in [0.25, 0.3) is 0 Å². The van der Waals surface area contributed by atoms with E-state index in [0.29, 0.717) is 4.47 Å². The Balaban J connectivity index is 0.000000273. The van der Waals surface area contributed by atoms with Crippen LogP contribution in [0.15, 0.2) is 69.7 Å². The number of ketones is 1. The Morgan fingerprint density at radius 2 is 1.33 bits per heavy atom. The monoisotopic (exact) mass is 600 g/mol. The molecule has 0 bridgehead atoms. The average molecular weight is 602 g/mol. The van der Waals surface area contributed by atoms with Crippen LogP contribution < -0.4 is 15.2 Å². The molecule has 176 valence electrons. The predicted octanol–water partition coefficient (Wildman–Crippen LogP) is 6.90. The molecule has 3 aromatic rings. The molecule has 0 unspecified atom stereocenters. The first-order chi connectivity index (χ1) is 15.3. The number of hydrogen-bond acceptors (Lipinski definition) is 5. The molecule has 1 aromatic heterocycles. The number of aromatic nitrogens is 1. The zero-order valence-electron chi connectivity index (χ0n) is 16.0. The average Bonchev–Trinajstić information content (AvgIpc) is 2.70. The fraction of sp³-hybridized carbons (Fsp3) is 0.100. The molecule has 0 amide bonds. The highest BCUT2D eigenvalue weighted by Gasteiger charge is 2.33. The summed E-state index contributed by atoms with van der Waals surface area (Å²) in [6, 6.07) is 12.2. The smallest absolute Gasteiger partial charge is 0.405 e. The lowest BCUT2D eigenvalue weighted by Crippen LogP contribution is -2.19. The Morgan fingerprint density at radius 3 is 1.91 bits per heavy atom. The van der Waals surface area contributed by atoms with E-state index in [1.165, 1.54) is 48.7 Å². The van der Waals surface area contributed by atoms with Crippen molar-refractivity contribution in [2.24, 2.45) is 0 Å². The van der Waals surface area contributed by atoms with Crippen LogP contribution in [-0.2, 0) is 0 Å². The molecule has 3 rings (SSSR count). The minimum absolute atomic E-state index is 0.0115. The Hall–Kier alpha value is -2.80. The second-order valence-electron chi connectivity index (χ2n) is 5.94. The fourth-order valence-electron chi connectivity index (χ4n) is 2.30. The van der Waals surface area contributed by atoms with E-state index in [9.17, 15) is 31.1 Å². The van der Waals surface area contributed by atoms with Crippen molar-refractivity contribution in [2.45, 2.75) is 12.7 Å². The van der Waals surface area contributed by atoms with Gasteiger partial charge in [0.15, 0.2) is 0 Å². The molecule has 2 N–H and O–H groups in total. The predicted molar refractivity (Wildman–Crippen MR) is 114 cm³/mol. The van der Waals surface area contributed by atoms with E-state index < -0.39 is 24.3 Å². The summed E-state index contributed by atoms with van der Waals surface area (Å²) >= 11 is 6.05. The maximum absolute atomic E-state index is 12.4. The van der Waals surface area contributed by atoms with Crippen molar-refractivity contribution in [3.05, 3.63) is 80.9 Å². The maximum Gasteiger partial charge on any atom is 0.573 e. The van der Waals surface area contributed by atoms with Crippen LogP contribution in [0, 0.1) is 0 Å². The number of pyridine rings is 1. The molecule has 0 spiro atoms. The van der Waals surface area contributed by atoms with Crippen molar-refractivity contribution < 1.29 is 40.6 Å². The molecular formula is C20H12Br2F6N2O3. The van der Waals surface area contributed by atoms with E-state index in [-0.39, 0.29) is 27.2 Å². The minimum atomic E-state index is -4.89. The molecule has 2 aromatic carbocycles. The molecule has 0 aliphatic rings. The van der Waals surface area contributed by atoms with Gasteiger partial charge in [0.2, 0.25) is 5.78 Å². The second-order valence-corrected chi connectivity index (χ2v) is 7.71. The van der Waals surface area contributed by atoms with E-state index in [0.717, 1.165) is 6.07 Å². The van der Waals surface area contributed by atoms with Crippen LogP contribution in [-0.4, -0.2) is 23.5 Å². The largest absolute Gasteiger partial charge is 0.573 e. The van der Waals surface area contributed by atoms with Crippen molar-refractivity contribution in [1.82, 2.24) is 4.98 Å². The van der Waals surface area contributed by atoms with Gasteiger partial charge in [0.05, 0.1) is 15.6 Å². The fourth-order valence-corrected chi connectivity index (χ4v) is 2.99. The van der Waals surface area contributed by atoms with Gasteiger partial charge in [-0.05, 0) is 62.2 Å². The van der Waals surface area contributed by atoms with E-state index in [1.807, 2.05) is 0 Å². The number of halogens is 8. The number of benzene rings is 2. The van der Waals surface area contributed by atoms with Crippen molar-refractivity contribution >= 4 is 43.5 Å². The first-order valence-corrected chi connectivity index (χ1v) is 10.2. The van der Waals surface area contributed by atoms with Gasteiger partial charge in [0.1, 0.15) is 17.3 Å². The van der Waals surface area contributed by atoms with E-state index in [2.05, 4.69) is 46.3 Å². The van der Waals surface area contributed by atoms with Gasteiger partial charge in [-0.15, -0.1) is 26.3 Å². The molecule has 1 heterocycles. The van der Waals surface area contributed by atoms with Crippen LogP contribution in [0.1, 0.15) is 15.9 Å². The highest BCUT2D eigenvalue weighted by Crippen LogP contribution is 2.30. The lowest BCUT2D eigenvalue weighted by molar-refractivity contribution is -0.275. The highest BCUT2D eigenvalue weighted by atomic mass is 79.9. The van der Waals surface area contributed by atoms with Crippen molar-refractivity contribution in [2.75, 3.05) is 5.73 Å². The van der Waals surface area contributed by atoms with Gasteiger partial charge in [-0.1, -0.05) is 24.3 Å². The minimum Gasteiger partial charge on any atom is -0.405 e. The molecule has 0 saturated carbocycles. The summed E-state index contributed by atoms with van der Waals surface area (Å²) in [4.78, 5) is 16.1. The van der Waals surface area contributed by atoms with Gasteiger partial charge in [0, 0.05) is 10.7 Å². The molecule has 0 fully saturated rings. The third-order valence-corrected chi connectivity index (χ3v) is 4.64. The Bertz CT molecular complexity index is 1120. The standard InChI is InChI=1S/C13H8BrF3N2O2.C7H4BrF3O/c14-7-5-9(12(18)19-6-7)11(20)8-3-1-2-4-10(8)21-13(15,16)17;8-5-3-1-2-4-6(5)12-7(9,10)11/h1-6H,(H2,18,19);1-4H. The van der Waals surface area contributed by atoms with E-state index in [4.69, 9.17) is 5.73 Å². The Labute approximate surface area is 199 Å². The zero-order chi connectivity index (χ0) is 24.8. The number of nitrogens with two attached hydrogens (primary N) is 1. The third kappa shape index (κ3) is 8.57. The van der Waals surface area contributed by atoms with Gasteiger partial charge in [-0.2, -0.15) is 0 Å². The number of nitrogen functional groups attached to an aromatic ring is 1. The van der Waals surface area contributed by atoms with E-state index in [1.54, 1.807) is 6.07 Å². The Morgan fingerprint density at radius 1 is 0.818 bits per heavy atom. The highest BCUT2D eigenvalue weighted by molar-refractivity contribution is 9.10. The summed E-state index contributed by atoms with van der Waals surface area (Å²) in [7, 11) is 0. The van der Waals surface area contributed by atoms with Gasteiger partial charge in [0.25, 0.3) is 0 Å². The SMILES string of the molecule is FC(F)(F)Oc1ccccc1Br.Nc1ncc(Br)cc1C(=O)c1ccccc1OC(F)(F)F.